The van der Waals surface area contributed by atoms with Crippen LogP contribution >= 0.6 is 11.6 Å². The smallest absolute Gasteiger partial charge is 0.269 e. The summed E-state index contributed by atoms with van der Waals surface area (Å²) in [6.07, 6.45) is 1.84. The maximum Gasteiger partial charge on any atom is 0.269 e. The highest BCUT2D eigenvalue weighted by Crippen LogP contribution is 2.18. The zero-order valence-electron chi connectivity index (χ0n) is 7.83. The summed E-state index contributed by atoms with van der Waals surface area (Å²) in [5.41, 5.74) is -0.118. The number of fused-ring (bicyclic) bond motifs is 1. The Kier molecular flexibility index (Phi) is 2.30. The molecule has 0 saturated carbocycles. The molecule has 1 aromatic heterocycles. The first kappa shape index (κ1) is 9.28. The van der Waals surface area contributed by atoms with Crippen LogP contribution in [0.4, 0.5) is 0 Å². The third-order valence-electron chi connectivity index (χ3n) is 2.28. The van der Waals surface area contributed by atoms with Crippen LogP contribution < -0.4 is 5.56 Å². The van der Waals surface area contributed by atoms with Gasteiger partial charge in [0.15, 0.2) is 0 Å². The van der Waals surface area contributed by atoms with Crippen LogP contribution in [0, 0.1) is 0 Å². The van der Waals surface area contributed by atoms with Crippen LogP contribution in [0.1, 0.15) is 6.92 Å². The summed E-state index contributed by atoms with van der Waals surface area (Å²) in [5, 5.41) is 2.13. The molecule has 0 N–H and O–H groups in total. The number of benzene rings is 1. The molecule has 2 nitrogen and oxygen atoms in total. The van der Waals surface area contributed by atoms with Crippen molar-refractivity contribution < 1.29 is 0 Å². The third-order valence-corrected chi connectivity index (χ3v) is 2.65. The molecule has 0 saturated heterocycles. The van der Waals surface area contributed by atoms with E-state index in [1.54, 1.807) is 4.57 Å². The summed E-state index contributed by atoms with van der Waals surface area (Å²) in [6.45, 7) is 2.57. The standard InChI is InChI=1S/C11H10ClNO/c1-2-13-7-8-5-3-4-6-9(8)10(12)11(13)14/h3-7H,2H2,1H3. The quantitative estimate of drug-likeness (QED) is 0.705. The lowest BCUT2D eigenvalue weighted by atomic mass is 10.2. The largest absolute Gasteiger partial charge is 0.314 e. The van der Waals surface area contributed by atoms with Gasteiger partial charge in [-0.05, 0) is 12.3 Å². The molecule has 0 amide bonds. The highest BCUT2D eigenvalue weighted by atomic mass is 35.5. The van der Waals surface area contributed by atoms with Crippen LogP contribution in [0.5, 0.6) is 0 Å². The van der Waals surface area contributed by atoms with Crippen molar-refractivity contribution in [1.82, 2.24) is 4.57 Å². The van der Waals surface area contributed by atoms with Gasteiger partial charge in [0.25, 0.3) is 5.56 Å². The molecular weight excluding hydrogens is 198 g/mol. The predicted octanol–water partition coefficient (Wildman–Crippen LogP) is 2.67. The van der Waals surface area contributed by atoms with Gasteiger partial charge < -0.3 is 4.57 Å². The lowest BCUT2D eigenvalue weighted by Crippen LogP contribution is -2.18. The van der Waals surface area contributed by atoms with Gasteiger partial charge in [-0.1, -0.05) is 35.9 Å². The van der Waals surface area contributed by atoms with Crippen LogP contribution in [0.3, 0.4) is 0 Å². The Hall–Kier alpha value is -1.28. The molecule has 0 aliphatic carbocycles. The van der Waals surface area contributed by atoms with Gasteiger partial charge in [-0.3, -0.25) is 4.79 Å². The molecule has 2 rings (SSSR count). The molecule has 2 aromatic rings. The highest BCUT2D eigenvalue weighted by Gasteiger charge is 2.05. The summed E-state index contributed by atoms with van der Waals surface area (Å²) in [4.78, 5) is 11.6. The number of nitrogens with zero attached hydrogens (tertiary/aromatic N) is 1. The fourth-order valence-corrected chi connectivity index (χ4v) is 1.79. The molecule has 0 fully saturated rings. The average Bonchev–Trinajstić information content (AvgIpc) is 2.23. The van der Waals surface area contributed by atoms with Crippen LogP contribution in [-0.2, 0) is 6.54 Å². The molecule has 0 aliphatic rings. The number of halogens is 1. The summed E-state index contributed by atoms with van der Waals surface area (Å²) in [5.74, 6) is 0. The third kappa shape index (κ3) is 1.32. The summed E-state index contributed by atoms with van der Waals surface area (Å²) >= 11 is 5.98. The van der Waals surface area contributed by atoms with E-state index in [0.29, 0.717) is 11.6 Å². The Morgan fingerprint density at radius 1 is 1.36 bits per heavy atom. The fraction of sp³-hybridized carbons (Fsp3) is 0.182. The van der Waals surface area contributed by atoms with Gasteiger partial charge in [0.05, 0.1) is 0 Å². The Morgan fingerprint density at radius 3 is 2.79 bits per heavy atom. The first-order valence-corrected chi connectivity index (χ1v) is 4.89. The fourth-order valence-electron chi connectivity index (χ4n) is 1.51. The zero-order chi connectivity index (χ0) is 10.1. The minimum atomic E-state index is -0.118. The van der Waals surface area contributed by atoms with Crippen molar-refractivity contribution in [3.05, 3.63) is 45.8 Å². The van der Waals surface area contributed by atoms with E-state index < -0.39 is 0 Å². The van der Waals surface area contributed by atoms with Crippen molar-refractivity contribution >= 4 is 22.4 Å². The number of rotatable bonds is 1. The van der Waals surface area contributed by atoms with Gasteiger partial charge in [-0.25, -0.2) is 0 Å². The van der Waals surface area contributed by atoms with Crippen molar-refractivity contribution in [1.29, 1.82) is 0 Å². The topological polar surface area (TPSA) is 22.0 Å². The van der Waals surface area contributed by atoms with E-state index in [2.05, 4.69) is 0 Å². The maximum atomic E-state index is 11.6. The van der Waals surface area contributed by atoms with Crippen LogP contribution in [0.15, 0.2) is 35.3 Å². The van der Waals surface area contributed by atoms with Crippen molar-refractivity contribution in [3.8, 4) is 0 Å². The zero-order valence-corrected chi connectivity index (χ0v) is 8.58. The number of aryl methyl sites for hydroxylation is 1. The van der Waals surface area contributed by atoms with E-state index in [1.165, 1.54) is 0 Å². The van der Waals surface area contributed by atoms with Gasteiger partial charge in [0.1, 0.15) is 5.02 Å². The van der Waals surface area contributed by atoms with E-state index >= 15 is 0 Å². The molecular formula is C11H10ClNO. The van der Waals surface area contributed by atoms with Crippen molar-refractivity contribution in [2.24, 2.45) is 0 Å². The molecule has 1 heterocycles. The molecule has 3 heteroatoms. The molecule has 72 valence electrons. The normalized spacial score (nSPS) is 10.7. The van der Waals surface area contributed by atoms with Gasteiger partial charge >= 0.3 is 0 Å². The van der Waals surface area contributed by atoms with Gasteiger partial charge in [-0.2, -0.15) is 0 Å². The number of hydrogen-bond acceptors (Lipinski definition) is 1. The van der Waals surface area contributed by atoms with E-state index in [1.807, 2.05) is 37.4 Å². The highest BCUT2D eigenvalue weighted by molar-refractivity contribution is 6.35. The first-order valence-electron chi connectivity index (χ1n) is 4.51. The minimum Gasteiger partial charge on any atom is -0.314 e. The minimum absolute atomic E-state index is 0.118. The van der Waals surface area contributed by atoms with Crippen LogP contribution in [0.2, 0.25) is 5.02 Å². The van der Waals surface area contributed by atoms with E-state index in [-0.39, 0.29) is 5.56 Å². The lowest BCUT2D eigenvalue weighted by Gasteiger charge is -2.05. The van der Waals surface area contributed by atoms with Gasteiger partial charge in [0, 0.05) is 18.1 Å². The van der Waals surface area contributed by atoms with Crippen molar-refractivity contribution in [2.75, 3.05) is 0 Å². The van der Waals surface area contributed by atoms with Crippen LogP contribution in [0.25, 0.3) is 10.8 Å². The molecule has 0 unspecified atom stereocenters. The van der Waals surface area contributed by atoms with Crippen LogP contribution in [-0.4, -0.2) is 4.57 Å². The molecule has 0 atom stereocenters. The Balaban J connectivity index is 2.92. The maximum absolute atomic E-state index is 11.6. The first-order chi connectivity index (χ1) is 6.74. The average molecular weight is 208 g/mol. The predicted molar refractivity (Wildman–Crippen MR) is 58.9 cm³/mol. The van der Waals surface area contributed by atoms with E-state index in [0.717, 1.165) is 10.8 Å². The molecule has 0 spiro atoms. The van der Waals surface area contributed by atoms with Crippen molar-refractivity contribution in [3.63, 3.8) is 0 Å². The Bertz CT molecular complexity index is 530. The number of aromatic nitrogens is 1. The monoisotopic (exact) mass is 207 g/mol. The second-order valence-corrected chi connectivity index (χ2v) is 3.50. The second-order valence-electron chi connectivity index (χ2n) is 3.12. The van der Waals surface area contributed by atoms with E-state index in [9.17, 15) is 4.79 Å². The van der Waals surface area contributed by atoms with Crippen molar-refractivity contribution in [2.45, 2.75) is 13.5 Å². The number of hydrogen-bond donors (Lipinski definition) is 0. The van der Waals surface area contributed by atoms with E-state index in [4.69, 9.17) is 11.6 Å². The van der Waals surface area contributed by atoms with Gasteiger partial charge in [-0.15, -0.1) is 0 Å². The SMILES string of the molecule is CCn1cc2ccccc2c(Cl)c1=O. The number of pyridine rings is 1. The van der Waals surface area contributed by atoms with Gasteiger partial charge in [0.2, 0.25) is 0 Å². The summed E-state index contributed by atoms with van der Waals surface area (Å²) in [6, 6.07) is 7.62. The molecule has 14 heavy (non-hydrogen) atoms. The summed E-state index contributed by atoms with van der Waals surface area (Å²) < 4.78 is 1.62. The second kappa shape index (κ2) is 3.46. The Labute approximate surface area is 86.7 Å². The molecule has 1 aromatic carbocycles. The Morgan fingerprint density at radius 2 is 2.07 bits per heavy atom. The molecule has 0 aliphatic heterocycles. The molecule has 0 radical (unpaired) electrons. The molecule has 0 bridgehead atoms. The lowest BCUT2D eigenvalue weighted by molar-refractivity contribution is 0.733. The summed E-state index contributed by atoms with van der Waals surface area (Å²) in [7, 11) is 0.